The Labute approximate surface area is 270 Å². The maximum absolute atomic E-state index is 14.1. The van der Waals surface area contributed by atoms with Crippen LogP contribution in [0, 0.1) is 0 Å². The first kappa shape index (κ1) is 31.4. The minimum Gasteiger partial charge on any atom is -0.433 e. The van der Waals surface area contributed by atoms with Gasteiger partial charge in [0, 0.05) is 18.0 Å². The molecule has 12 heteroatoms. The molecule has 2 aliphatic heterocycles. The summed E-state index contributed by atoms with van der Waals surface area (Å²) in [6, 6.07) is 25.5. The number of hydrazine groups is 1. The van der Waals surface area contributed by atoms with Crippen LogP contribution < -0.4 is 10.6 Å². The van der Waals surface area contributed by atoms with Crippen molar-refractivity contribution in [1.29, 1.82) is 0 Å². The number of nitrogens with one attached hydrogen (secondary N) is 2. The van der Waals surface area contributed by atoms with Gasteiger partial charge in [0.15, 0.2) is 0 Å². The van der Waals surface area contributed by atoms with E-state index < -0.39 is 54.5 Å². The summed E-state index contributed by atoms with van der Waals surface area (Å²) >= 11 is 0. The maximum atomic E-state index is 14.1. The van der Waals surface area contributed by atoms with Crippen molar-refractivity contribution in [2.75, 3.05) is 6.54 Å². The average Bonchev–Trinajstić information content (AvgIpc) is 3.40. The fourth-order valence-electron chi connectivity index (χ4n) is 5.65. The Hall–Kier alpha value is -5.62. The minimum atomic E-state index is -1.11. The highest BCUT2D eigenvalue weighted by molar-refractivity contribution is 6.06. The molecule has 0 saturated carbocycles. The maximum Gasteiger partial charge on any atom is 0.310 e. The van der Waals surface area contributed by atoms with Crippen LogP contribution in [0.15, 0.2) is 97.2 Å². The molecule has 0 radical (unpaired) electrons. The first-order chi connectivity index (χ1) is 22.9. The number of benzene rings is 3. The van der Waals surface area contributed by atoms with Gasteiger partial charge in [0.25, 0.3) is 11.8 Å². The van der Waals surface area contributed by atoms with Crippen LogP contribution in [0.3, 0.4) is 0 Å². The Morgan fingerprint density at radius 1 is 0.851 bits per heavy atom. The Kier molecular flexibility index (Phi) is 9.48. The number of nitrogens with zero attached hydrogens (tertiary/aromatic N) is 3. The fourth-order valence-corrected chi connectivity index (χ4v) is 5.65. The molecule has 4 aromatic rings. The Balaban J connectivity index is 1.20. The average molecular weight is 636 g/mol. The third-order valence-electron chi connectivity index (χ3n) is 8.01. The van der Waals surface area contributed by atoms with Gasteiger partial charge in [-0.3, -0.25) is 29.0 Å². The predicted octanol–water partition coefficient (Wildman–Crippen LogP) is 2.87. The lowest BCUT2D eigenvalue weighted by Gasteiger charge is -2.34. The Morgan fingerprint density at radius 3 is 2.32 bits per heavy atom. The summed E-state index contributed by atoms with van der Waals surface area (Å²) < 4.78 is 11.1. The van der Waals surface area contributed by atoms with Gasteiger partial charge in [0.1, 0.15) is 24.3 Å². The number of amides is 4. The standard InChI is InChI=1S/C35H33N5O7/c41-29(37-28-19-31(43)47-35(28)46-22-24-11-5-2-6-12-24)21-40-34(45)27(15-16-30(42)39(40)20-23-9-3-1-4-10-23)38-33(44)32-26-14-8-7-13-25(26)17-18-36-32/h1-14,17-18,27-28,35H,15-16,19-22H2,(H,37,41)(H,38,44)/t27-,28-,35-/m0/s1. The molecule has 0 aliphatic carbocycles. The van der Waals surface area contributed by atoms with Crippen molar-refractivity contribution < 1.29 is 33.4 Å². The quantitative estimate of drug-likeness (QED) is 0.253. The van der Waals surface area contributed by atoms with Gasteiger partial charge in [-0.1, -0.05) is 84.9 Å². The number of hydrogen-bond acceptors (Lipinski definition) is 8. The molecule has 2 aliphatic rings. The molecule has 12 nitrogen and oxygen atoms in total. The van der Waals surface area contributed by atoms with Crippen molar-refractivity contribution >= 4 is 40.4 Å². The molecule has 6 rings (SSSR count). The van der Waals surface area contributed by atoms with Gasteiger partial charge in [0.2, 0.25) is 18.1 Å². The van der Waals surface area contributed by atoms with Crippen LogP contribution >= 0.6 is 0 Å². The van der Waals surface area contributed by atoms with Crippen LogP contribution in [0.1, 0.15) is 40.9 Å². The van der Waals surface area contributed by atoms with E-state index in [0.29, 0.717) is 5.39 Å². The topological polar surface area (TPSA) is 147 Å². The second-order valence-electron chi connectivity index (χ2n) is 11.3. The first-order valence-electron chi connectivity index (χ1n) is 15.3. The van der Waals surface area contributed by atoms with Crippen molar-refractivity contribution in [3.8, 4) is 0 Å². The zero-order chi connectivity index (χ0) is 32.8. The second-order valence-corrected chi connectivity index (χ2v) is 11.3. The number of carbonyl (C=O) groups excluding carboxylic acids is 5. The molecule has 3 aromatic carbocycles. The highest BCUT2D eigenvalue weighted by Crippen LogP contribution is 2.22. The van der Waals surface area contributed by atoms with Crippen LogP contribution in [0.4, 0.5) is 0 Å². The molecule has 2 fully saturated rings. The molecule has 4 amide bonds. The van der Waals surface area contributed by atoms with E-state index in [1.54, 1.807) is 18.2 Å². The summed E-state index contributed by atoms with van der Waals surface area (Å²) in [4.78, 5) is 70.9. The predicted molar refractivity (Wildman–Crippen MR) is 169 cm³/mol. The van der Waals surface area contributed by atoms with Gasteiger partial charge in [-0.15, -0.1) is 0 Å². The van der Waals surface area contributed by atoms with E-state index in [2.05, 4.69) is 15.6 Å². The van der Waals surface area contributed by atoms with E-state index in [9.17, 15) is 24.0 Å². The Morgan fingerprint density at radius 2 is 1.55 bits per heavy atom. The number of aromatic nitrogens is 1. The van der Waals surface area contributed by atoms with E-state index in [1.165, 1.54) is 11.2 Å². The van der Waals surface area contributed by atoms with Gasteiger partial charge >= 0.3 is 5.97 Å². The summed E-state index contributed by atoms with van der Waals surface area (Å²) in [5.41, 5.74) is 1.74. The van der Waals surface area contributed by atoms with E-state index >= 15 is 0 Å². The van der Waals surface area contributed by atoms with Crippen molar-refractivity contribution in [1.82, 2.24) is 25.6 Å². The molecule has 0 bridgehead atoms. The lowest BCUT2D eigenvalue weighted by molar-refractivity contribution is -0.170. The van der Waals surface area contributed by atoms with Crippen LogP contribution in [0.5, 0.6) is 0 Å². The SMILES string of the molecule is O=C(CN1C(=O)[C@@H](NC(=O)c2nccc3ccccc23)CCC(=O)N1Cc1ccccc1)N[C@H]1CC(=O)O[C@@H]1OCc1ccccc1. The minimum absolute atomic E-state index is 0.0257. The largest absolute Gasteiger partial charge is 0.433 e. The summed E-state index contributed by atoms with van der Waals surface area (Å²) in [5.74, 6) is -2.77. The van der Waals surface area contributed by atoms with Gasteiger partial charge in [-0.25, -0.2) is 10.0 Å². The summed E-state index contributed by atoms with van der Waals surface area (Å²) in [6.45, 7) is -0.369. The van der Waals surface area contributed by atoms with E-state index in [-0.39, 0.29) is 38.1 Å². The van der Waals surface area contributed by atoms with E-state index in [4.69, 9.17) is 9.47 Å². The number of rotatable bonds is 10. The molecular formula is C35H33N5O7. The van der Waals surface area contributed by atoms with Crippen molar-refractivity contribution in [2.24, 2.45) is 0 Å². The number of fused-ring (bicyclic) bond motifs is 1. The lowest BCUT2D eigenvalue weighted by Crippen LogP contribution is -2.57. The number of pyridine rings is 1. The molecule has 2 saturated heterocycles. The highest BCUT2D eigenvalue weighted by atomic mass is 16.7. The third kappa shape index (κ3) is 7.45. The molecule has 0 spiro atoms. The zero-order valence-corrected chi connectivity index (χ0v) is 25.4. The van der Waals surface area contributed by atoms with Crippen LogP contribution in [0.25, 0.3) is 10.8 Å². The molecule has 3 atom stereocenters. The van der Waals surface area contributed by atoms with E-state index in [1.807, 2.05) is 72.8 Å². The number of hydrogen-bond donors (Lipinski definition) is 2. The van der Waals surface area contributed by atoms with Gasteiger partial charge < -0.3 is 20.1 Å². The van der Waals surface area contributed by atoms with Crippen LogP contribution in [-0.4, -0.2) is 69.5 Å². The number of esters is 1. The normalized spacial score (nSPS) is 19.7. The number of cyclic esters (lactones) is 1. The smallest absolute Gasteiger partial charge is 0.310 e. The monoisotopic (exact) mass is 635 g/mol. The first-order valence-corrected chi connectivity index (χ1v) is 15.3. The molecule has 3 heterocycles. The van der Waals surface area contributed by atoms with Crippen LogP contribution in [0.2, 0.25) is 0 Å². The van der Waals surface area contributed by atoms with Gasteiger partial charge in [0.05, 0.1) is 19.6 Å². The summed E-state index contributed by atoms with van der Waals surface area (Å²) in [7, 11) is 0. The van der Waals surface area contributed by atoms with Gasteiger partial charge in [-0.2, -0.15) is 0 Å². The molecule has 2 N–H and O–H groups in total. The molecular weight excluding hydrogens is 602 g/mol. The molecule has 0 unspecified atom stereocenters. The van der Waals surface area contributed by atoms with Crippen molar-refractivity contribution in [3.05, 3.63) is 114 Å². The summed E-state index contributed by atoms with van der Waals surface area (Å²) in [5, 5.41) is 9.23. The number of ether oxygens (including phenoxy) is 2. The van der Waals surface area contributed by atoms with Crippen LogP contribution in [-0.2, 0) is 41.8 Å². The fraction of sp³-hybridized carbons (Fsp3) is 0.257. The Bertz CT molecular complexity index is 1780. The van der Waals surface area contributed by atoms with Gasteiger partial charge in [-0.05, 0) is 29.0 Å². The highest BCUT2D eigenvalue weighted by Gasteiger charge is 2.40. The van der Waals surface area contributed by atoms with E-state index in [0.717, 1.165) is 21.5 Å². The second kappa shape index (κ2) is 14.2. The molecule has 1 aromatic heterocycles. The molecule has 240 valence electrons. The van der Waals surface area contributed by atoms with Crippen molar-refractivity contribution in [2.45, 2.75) is 50.8 Å². The zero-order valence-electron chi connectivity index (χ0n) is 25.4. The lowest BCUT2D eigenvalue weighted by atomic mass is 10.1. The summed E-state index contributed by atoms with van der Waals surface area (Å²) in [6.07, 6.45) is 0.335. The van der Waals surface area contributed by atoms with Crippen molar-refractivity contribution in [3.63, 3.8) is 0 Å². The third-order valence-corrected chi connectivity index (χ3v) is 8.01. The molecule has 47 heavy (non-hydrogen) atoms. The number of carbonyl (C=O) groups is 5.